The summed E-state index contributed by atoms with van der Waals surface area (Å²) < 4.78 is 0. The summed E-state index contributed by atoms with van der Waals surface area (Å²) in [5.41, 5.74) is 2.11. The number of carbonyl (C=O) groups is 1. The van der Waals surface area contributed by atoms with Gasteiger partial charge in [0, 0.05) is 37.8 Å². The molecule has 128 valence electrons. The number of hydrogen-bond acceptors (Lipinski definition) is 3. The second-order valence-electron chi connectivity index (χ2n) is 7.40. The molecule has 0 spiro atoms. The predicted octanol–water partition coefficient (Wildman–Crippen LogP) is 2.51. The summed E-state index contributed by atoms with van der Waals surface area (Å²) in [5, 5.41) is 9.40. The predicted molar refractivity (Wildman–Crippen MR) is 93.8 cm³/mol. The number of aliphatic hydroxyl groups excluding tert-OH is 1. The Balaban J connectivity index is 1.97. The van der Waals surface area contributed by atoms with Crippen LogP contribution in [0, 0.1) is 0 Å². The Bertz CT molecular complexity index is 507. The number of nitrogens with zero attached hydrogens (tertiary/aromatic N) is 2. The SMILES string of the molecule is CCC(CO)N1CCN(C(=O)c2ccc(C(C)(C)C)cc2)CC1. The fourth-order valence-corrected chi connectivity index (χ4v) is 3.09. The summed E-state index contributed by atoms with van der Waals surface area (Å²) in [6.45, 7) is 12.0. The number of hydrogen-bond donors (Lipinski definition) is 1. The van der Waals surface area contributed by atoms with E-state index in [0.717, 1.165) is 38.2 Å². The van der Waals surface area contributed by atoms with Crippen molar-refractivity contribution in [3.05, 3.63) is 35.4 Å². The zero-order valence-electron chi connectivity index (χ0n) is 14.9. The summed E-state index contributed by atoms with van der Waals surface area (Å²) in [6, 6.07) is 8.22. The van der Waals surface area contributed by atoms with Crippen LogP contribution in [0.3, 0.4) is 0 Å². The molecule has 1 aliphatic rings. The number of rotatable bonds is 4. The summed E-state index contributed by atoms with van der Waals surface area (Å²) in [4.78, 5) is 16.8. The van der Waals surface area contributed by atoms with Crippen LogP contribution in [0.4, 0.5) is 0 Å². The summed E-state index contributed by atoms with van der Waals surface area (Å²) in [7, 11) is 0. The maximum absolute atomic E-state index is 12.6. The molecule has 0 bridgehead atoms. The van der Waals surface area contributed by atoms with Crippen molar-refractivity contribution in [3.63, 3.8) is 0 Å². The number of benzene rings is 1. The Morgan fingerprint density at radius 3 is 2.13 bits per heavy atom. The van der Waals surface area contributed by atoms with E-state index in [1.807, 2.05) is 17.0 Å². The van der Waals surface area contributed by atoms with Crippen LogP contribution in [0.1, 0.15) is 50.0 Å². The van der Waals surface area contributed by atoms with E-state index in [1.165, 1.54) is 5.56 Å². The van der Waals surface area contributed by atoms with Crippen LogP contribution in [-0.4, -0.2) is 59.6 Å². The quantitative estimate of drug-likeness (QED) is 0.928. The van der Waals surface area contributed by atoms with E-state index in [2.05, 4.69) is 44.7 Å². The molecule has 1 aromatic carbocycles. The first-order valence-electron chi connectivity index (χ1n) is 8.61. The van der Waals surface area contributed by atoms with Gasteiger partial charge in [-0.15, -0.1) is 0 Å². The topological polar surface area (TPSA) is 43.8 Å². The molecular weight excluding hydrogens is 288 g/mol. The van der Waals surface area contributed by atoms with Crippen LogP contribution >= 0.6 is 0 Å². The second-order valence-corrected chi connectivity index (χ2v) is 7.40. The smallest absolute Gasteiger partial charge is 0.253 e. The van der Waals surface area contributed by atoms with Crippen molar-refractivity contribution in [1.82, 2.24) is 9.80 Å². The van der Waals surface area contributed by atoms with Crippen molar-refractivity contribution >= 4 is 5.91 Å². The molecule has 4 heteroatoms. The lowest BCUT2D eigenvalue weighted by Gasteiger charge is -2.38. The molecule has 1 saturated heterocycles. The van der Waals surface area contributed by atoms with Crippen molar-refractivity contribution in [2.75, 3.05) is 32.8 Å². The van der Waals surface area contributed by atoms with E-state index >= 15 is 0 Å². The largest absolute Gasteiger partial charge is 0.395 e. The lowest BCUT2D eigenvalue weighted by Crippen LogP contribution is -2.52. The molecular formula is C19H30N2O2. The van der Waals surface area contributed by atoms with Crippen molar-refractivity contribution < 1.29 is 9.90 Å². The van der Waals surface area contributed by atoms with Gasteiger partial charge in [-0.2, -0.15) is 0 Å². The lowest BCUT2D eigenvalue weighted by atomic mass is 9.86. The Labute approximate surface area is 140 Å². The van der Waals surface area contributed by atoms with Gasteiger partial charge < -0.3 is 10.0 Å². The Kier molecular flexibility index (Phi) is 5.82. The molecule has 1 amide bonds. The molecule has 0 saturated carbocycles. The third-order valence-electron chi connectivity index (χ3n) is 4.80. The van der Waals surface area contributed by atoms with Gasteiger partial charge in [0.25, 0.3) is 5.91 Å². The van der Waals surface area contributed by atoms with Crippen LogP contribution in [0.5, 0.6) is 0 Å². The summed E-state index contributed by atoms with van der Waals surface area (Å²) in [6.07, 6.45) is 0.943. The molecule has 0 aliphatic carbocycles. The molecule has 1 fully saturated rings. The average molecular weight is 318 g/mol. The highest BCUT2D eigenvalue weighted by molar-refractivity contribution is 5.94. The fraction of sp³-hybridized carbons (Fsp3) is 0.632. The molecule has 4 nitrogen and oxygen atoms in total. The molecule has 1 unspecified atom stereocenters. The minimum Gasteiger partial charge on any atom is -0.395 e. The minimum absolute atomic E-state index is 0.104. The molecule has 1 heterocycles. The second kappa shape index (κ2) is 7.45. The van der Waals surface area contributed by atoms with Gasteiger partial charge in [0.05, 0.1) is 6.61 Å². The van der Waals surface area contributed by atoms with Crippen LogP contribution in [0.2, 0.25) is 0 Å². The third kappa shape index (κ3) is 4.33. The molecule has 1 aliphatic heterocycles. The maximum Gasteiger partial charge on any atom is 0.253 e. The first kappa shape index (κ1) is 18.0. The van der Waals surface area contributed by atoms with Gasteiger partial charge in [0.2, 0.25) is 0 Å². The molecule has 0 radical (unpaired) electrons. The molecule has 2 rings (SSSR count). The first-order valence-corrected chi connectivity index (χ1v) is 8.61. The molecule has 1 atom stereocenters. The van der Waals surface area contributed by atoms with Crippen molar-refractivity contribution in [3.8, 4) is 0 Å². The summed E-state index contributed by atoms with van der Waals surface area (Å²) in [5.74, 6) is 0.113. The van der Waals surface area contributed by atoms with Gasteiger partial charge in [0.15, 0.2) is 0 Å². The monoisotopic (exact) mass is 318 g/mol. The Morgan fingerprint density at radius 1 is 1.13 bits per heavy atom. The molecule has 0 aromatic heterocycles. The average Bonchev–Trinajstić information content (AvgIpc) is 2.55. The van der Waals surface area contributed by atoms with Gasteiger partial charge in [-0.05, 0) is 29.5 Å². The highest BCUT2D eigenvalue weighted by Crippen LogP contribution is 2.22. The van der Waals surface area contributed by atoms with Gasteiger partial charge in [-0.3, -0.25) is 9.69 Å². The van der Waals surface area contributed by atoms with Crippen molar-refractivity contribution in [2.45, 2.75) is 45.6 Å². The van der Waals surface area contributed by atoms with Gasteiger partial charge in [-0.1, -0.05) is 39.8 Å². The zero-order valence-corrected chi connectivity index (χ0v) is 14.9. The number of piperazine rings is 1. The minimum atomic E-state index is 0.104. The van der Waals surface area contributed by atoms with Gasteiger partial charge >= 0.3 is 0 Å². The van der Waals surface area contributed by atoms with Crippen molar-refractivity contribution in [1.29, 1.82) is 0 Å². The van der Waals surface area contributed by atoms with Crippen LogP contribution in [0.25, 0.3) is 0 Å². The van der Waals surface area contributed by atoms with E-state index in [-0.39, 0.29) is 24.0 Å². The number of carbonyl (C=O) groups excluding carboxylic acids is 1. The first-order chi connectivity index (χ1) is 10.9. The van der Waals surface area contributed by atoms with Crippen molar-refractivity contribution in [2.24, 2.45) is 0 Å². The molecule has 23 heavy (non-hydrogen) atoms. The number of amides is 1. The van der Waals surface area contributed by atoms with E-state index in [9.17, 15) is 9.90 Å². The Hall–Kier alpha value is -1.39. The van der Waals surface area contributed by atoms with E-state index in [4.69, 9.17) is 0 Å². The zero-order chi connectivity index (χ0) is 17.0. The maximum atomic E-state index is 12.6. The van der Waals surface area contributed by atoms with E-state index in [0.29, 0.717) is 0 Å². The number of aliphatic hydroxyl groups is 1. The Morgan fingerprint density at radius 2 is 1.70 bits per heavy atom. The van der Waals surface area contributed by atoms with E-state index < -0.39 is 0 Å². The normalized spacial score (nSPS) is 18.0. The van der Waals surface area contributed by atoms with Crippen LogP contribution in [0.15, 0.2) is 24.3 Å². The molecule has 1 N–H and O–H groups in total. The van der Waals surface area contributed by atoms with Crippen LogP contribution in [-0.2, 0) is 5.41 Å². The standard InChI is InChI=1S/C19H30N2O2/c1-5-17(14-22)20-10-12-21(13-11-20)18(23)15-6-8-16(9-7-15)19(2,3)4/h6-9,17,22H,5,10-14H2,1-4H3. The highest BCUT2D eigenvalue weighted by Gasteiger charge is 2.25. The molecule has 1 aromatic rings. The highest BCUT2D eigenvalue weighted by atomic mass is 16.3. The van der Waals surface area contributed by atoms with E-state index in [1.54, 1.807) is 0 Å². The van der Waals surface area contributed by atoms with Crippen LogP contribution < -0.4 is 0 Å². The summed E-state index contributed by atoms with van der Waals surface area (Å²) >= 11 is 0. The fourth-order valence-electron chi connectivity index (χ4n) is 3.09. The van der Waals surface area contributed by atoms with Gasteiger partial charge in [0.1, 0.15) is 0 Å². The third-order valence-corrected chi connectivity index (χ3v) is 4.80. The van der Waals surface area contributed by atoms with Gasteiger partial charge in [-0.25, -0.2) is 0 Å². The lowest BCUT2D eigenvalue weighted by molar-refractivity contribution is 0.0472.